The van der Waals surface area contributed by atoms with Gasteiger partial charge in [0.25, 0.3) is 0 Å². The average Bonchev–Trinajstić information content (AvgIpc) is 2.93. The van der Waals surface area contributed by atoms with Crippen LogP contribution >= 0.6 is 27.7 Å². The lowest BCUT2D eigenvalue weighted by Gasteiger charge is -2.37. The Labute approximate surface area is 227 Å². The topological polar surface area (TPSA) is 83.9 Å². The van der Waals surface area contributed by atoms with Crippen molar-refractivity contribution in [1.29, 1.82) is 0 Å². The van der Waals surface area contributed by atoms with Gasteiger partial charge in [-0.3, -0.25) is 0 Å². The molecular weight excluding hydrogens is 562 g/mol. The highest BCUT2D eigenvalue weighted by Crippen LogP contribution is 2.47. The van der Waals surface area contributed by atoms with E-state index in [0.717, 1.165) is 65.9 Å². The number of unbranched alkanes of at least 4 members (excludes halogenated alkanes) is 2. The molecule has 0 unspecified atom stereocenters. The Morgan fingerprint density at radius 3 is 2.36 bits per heavy atom. The number of carbonyl (C=O) groups is 1. The van der Waals surface area contributed by atoms with Gasteiger partial charge in [-0.25, -0.2) is 13.2 Å². The van der Waals surface area contributed by atoms with E-state index < -0.39 is 15.8 Å². The van der Waals surface area contributed by atoms with Gasteiger partial charge < -0.3 is 14.7 Å². The van der Waals surface area contributed by atoms with Gasteiger partial charge in [0.15, 0.2) is 9.84 Å². The first-order chi connectivity index (χ1) is 17.1. The van der Waals surface area contributed by atoms with Crippen LogP contribution in [0, 0.1) is 5.41 Å². The highest BCUT2D eigenvalue weighted by molar-refractivity contribution is 9.10. The number of nitrogens with zero attached hydrogens (tertiary/aromatic N) is 1. The smallest absolute Gasteiger partial charge is 0.331 e. The summed E-state index contributed by atoms with van der Waals surface area (Å²) >= 11 is 4.94. The monoisotopic (exact) mass is 595 g/mol. The number of fused-ring (bicyclic) bond motifs is 1. The lowest BCUT2D eigenvalue weighted by atomic mass is 9.79. The lowest BCUT2D eigenvalue weighted by Crippen LogP contribution is -2.38. The number of rotatable bonds is 11. The first-order valence-electron chi connectivity index (χ1n) is 12.2. The molecule has 0 aromatic heterocycles. The Kier molecular flexibility index (Phi) is 9.94. The summed E-state index contributed by atoms with van der Waals surface area (Å²) in [6.07, 6.45) is 9.46. The van der Waals surface area contributed by atoms with Gasteiger partial charge in [0.1, 0.15) is 5.75 Å². The van der Waals surface area contributed by atoms with E-state index in [-0.39, 0.29) is 16.1 Å². The Hall–Kier alpha value is -1.97. The van der Waals surface area contributed by atoms with E-state index in [1.54, 1.807) is 6.07 Å². The summed E-state index contributed by atoms with van der Waals surface area (Å²) in [5.41, 5.74) is 1.17. The van der Waals surface area contributed by atoms with Gasteiger partial charge in [-0.15, -0.1) is 11.8 Å². The minimum atomic E-state index is -3.67. The highest BCUT2D eigenvalue weighted by atomic mass is 79.9. The molecule has 9 heteroatoms. The Bertz CT molecular complexity index is 1190. The zero-order valence-corrected chi connectivity index (χ0v) is 24.2. The molecule has 1 aliphatic heterocycles. The molecule has 196 valence electrons. The lowest BCUT2D eigenvalue weighted by molar-refractivity contribution is -0.131. The standard InChI is InChI=1S/C27H34BrNO5S2/c1-4-6-13-27(14-7-5-2)18-29(21-10-8-20(28)9-11-21)22-16-24(35-3)23(34-15-12-26(30)31)17-25(22)36(32,33)19-27/h8-12,15-17H,4-7,13-14,18-19H2,1-3H3,(H,30,31)/b15-12+. The van der Waals surface area contributed by atoms with Crippen molar-refractivity contribution in [3.63, 3.8) is 0 Å². The number of carboxylic acids is 1. The van der Waals surface area contributed by atoms with Crippen LogP contribution in [0.15, 0.2) is 63.0 Å². The Morgan fingerprint density at radius 2 is 1.81 bits per heavy atom. The molecule has 1 heterocycles. The van der Waals surface area contributed by atoms with Gasteiger partial charge in [-0.2, -0.15) is 0 Å². The molecule has 0 atom stereocenters. The predicted octanol–water partition coefficient (Wildman–Crippen LogP) is 7.44. The zero-order valence-electron chi connectivity index (χ0n) is 21.0. The molecule has 0 saturated carbocycles. The zero-order chi connectivity index (χ0) is 26.3. The molecule has 1 aliphatic rings. The number of aliphatic carboxylic acids is 1. The van der Waals surface area contributed by atoms with Crippen LogP contribution in [0.2, 0.25) is 0 Å². The fourth-order valence-corrected chi connectivity index (χ4v) is 7.66. The van der Waals surface area contributed by atoms with Gasteiger partial charge in [0.05, 0.1) is 33.6 Å². The van der Waals surface area contributed by atoms with Gasteiger partial charge in [-0.05, 0) is 49.4 Å². The van der Waals surface area contributed by atoms with Crippen LogP contribution in [-0.2, 0) is 14.6 Å². The molecule has 0 aliphatic carbocycles. The van der Waals surface area contributed by atoms with Crippen molar-refractivity contribution in [3.8, 4) is 5.75 Å². The summed E-state index contributed by atoms with van der Waals surface area (Å²) in [5, 5.41) is 8.93. The van der Waals surface area contributed by atoms with Crippen molar-refractivity contribution >= 4 is 54.9 Å². The van der Waals surface area contributed by atoms with Crippen LogP contribution in [0.3, 0.4) is 0 Å². The van der Waals surface area contributed by atoms with Crippen molar-refractivity contribution in [2.24, 2.45) is 5.41 Å². The fraction of sp³-hybridized carbons (Fsp3) is 0.444. The van der Waals surface area contributed by atoms with E-state index in [1.807, 2.05) is 36.6 Å². The maximum Gasteiger partial charge on any atom is 0.331 e. The van der Waals surface area contributed by atoms with Crippen LogP contribution in [-0.4, -0.2) is 38.0 Å². The van der Waals surface area contributed by atoms with Gasteiger partial charge in [0.2, 0.25) is 0 Å². The number of hydrogen-bond donors (Lipinski definition) is 1. The summed E-state index contributed by atoms with van der Waals surface area (Å²) in [5.74, 6) is -0.739. The SMILES string of the molecule is CCCCC1(CCCC)CN(c2ccc(Br)cc2)c2cc(SC)c(O/C=C/C(=O)O)cc2S(=O)(=O)C1. The number of halogens is 1. The molecule has 3 rings (SSSR count). The van der Waals surface area contributed by atoms with Crippen molar-refractivity contribution < 1.29 is 23.1 Å². The van der Waals surface area contributed by atoms with E-state index in [4.69, 9.17) is 9.84 Å². The highest BCUT2D eigenvalue weighted by Gasteiger charge is 2.42. The molecule has 6 nitrogen and oxygen atoms in total. The molecule has 0 fully saturated rings. The molecule has 1 N–H and O–H groups in total. The molecule has 2 aromatic rings. The van der Waals surface area contributed by atoms with E-state index in [1.165, 1.54) is 11.8 Å². The predicted molar refractivity (Wildman–Crippen MR) is 150 cm³/mol. The Balaban J connectivity index is 2.24. The molecule has 0 saturated heterocycles. The van der Waals surface area contributed by atoms with Crippen LogP contribution in [0.5, 0.6) is 5.75 Å². The number of thioether (sulfide) groups is 1. The number of sulfone groups is 1. The summed E-state index contributed by atoms with van der Waals surface area (Å²) < 4.78 is 34.5. The third kappa shape index (κ3) is 6.86. The minimum absolute atomic E-state index is 0.0725. The number of anilines is 2. The summed E-state index contributed by atoms with van der Waals surface area (Å²) in [6.45, 7) is 4.88. The van der Waals surface area contributed by atoms with Crippen molar-refractivity contribution in [2.45, 2.75) is 62.2 Å². The number of benzene rings is 2. The molecule has 0 amide bonds. The molecule has 0 spiro atoms. The third-order valence-corrected chi connectivity index (χ3v) is 9.80. The Morgan fingerprint density at radius 1 is 1.17 bits per heavy atom. The van der Waals surface area contributed by atoms with E-state index >= 15 is 0 Å². The fourth-order valence-electron chi connectivity index (χ4n) is 4.74. The van der Waals surface area contributed by atoms with Gasteiger partial charge in [0, 0.05) is 28.2 Å². The van der Waals surface area contributed by atoms with E-state index in [9.17, 15) is 13.2 Å². The second kappa shape index (κ2) is 12.5. The van der Waals surface area contributed by atoms with Crippen LogP contribution in [0.1, 0.15) is 52.4 Å². The molecule has 0 bridgehead atoms. The average molecular weight is 597 g/mol. The number of carboxylic acid groups (broad SMARTS) is 1. The largest absolute Gasteiger partial charge is 0.478 e. The van der Waals surface area contributed by atoms with Crippen molar-refractivity contribution in [3.05, 3.63) is 53.2 Å². The van der Waals surface area contributed by atoms with E-state index in [0.29, 0.717) is 18.0 Å². The summed E-state index contributed by atoms with van der Waals surface area (Å²) in [4.78, 5) is 14.0. The number of hydrogen-bond acceptors (Lipinski definition) is 6. The summed E-state index contributed by atoms with van der Waals surface area (Å²) in [6, 6.07) is 11.4. The second-order valence-electron chi connectivity index (χ2n) is 9.26. The second-order valence-corrected chi connectivity index (χ2v) is 13.0. The maximum atomic E-state index is 14.0. The molecule has 36 heavy (non-hydrogen) atoms. The first kappa shape index (κ1) is 28.6. The van der Waals surface area contributed by atoms with Gasteiger partial charge >= 0.3 is 5.97 Å². The van der Waals surface area contributed by atoms with Crippen molar-refractivity contribution in [2.75, 3.05) is 23.5 Å². The van der Waals surface area contributed by atoms with Crippen molar-refractivity contribution in [1.82, 2.24) is 0 Å². The van der Waals surface area contributed by atoms with Gasteiger partial charge in [-0.1, -0.05) is 55.5 Å². The minimum Gasteiger partial charge on any atom is -0.478 e. The van der Waals surface area contributed by atoms with Crippen LogP contribution in [0.4, 0.5) is 11.4 Å². The third-order valence-electron chi connectivity index (χ3n) is 6.53. The molecule has 2 aromatic carbocycles. The van der Waals surface area contributed by atoms with Crippen LogP contribution in [0.25, 0.3) is 0 Å². The first-order valence-corrected chi connectivity index (χ1v) is 15.9. The number of ether oxygens (including phenoxy) is 1. The summed E-state index contributed by atoms with van der Waals surface area (Å²) in [7, 11) is -3.67. The van der Waals surface area contributed by atoms with E-state index in [2.05, 4.69) is 34.7 Å². The molecular formula is C27H34BrNO5S2. The van der Waals surface area contributed by atoms with Crippen LogP contribution < -0.4 is 9.64 Å². The normalized spacial score (nSPS) is 16.5. The maximum absolute atomic E-state index is 14.0. The quantitative estimate of drug-likeness (QED) is 0.164. The molecule has 0 radical (unpaired) electrons.